The molecule has 34 heavy (non-hydrogen) atoms. The molecule has 4 rings (SSSR count). The van der Waals surface area contributed by atoms with E-state index in [0.717, 1.165) is 15.0 Å². The largest absolute Gasteiger partial charge is 0.476 e. The van der Waals surface area contributed by atoms with E-state index in [-0.39, 0.29) is 17.2 Å². The lowest BCUT2D eigenvalue weighted by molar-refractivity contribution is -0.122. The highest BCUT2D eigenvalue weighted by molar-refractivity contribution is 9.10. The maximum atomic E-state index is 12.8. The second-order valence-electron chi connectivity index (χ2n) is 7.49. The highest BCUT2D eigenvalue weighted by atomic mass is 79.9. The second-order valence-corrected chi connectivity index (χ2v) is 12.0. The van der Waals surface area contributed by atoms with Crippen LogP contribution in [-0.4, -0.2) is 41.6 Å². The minimum atomic E-state index is -3.83. The normalized spacial score (nSPS) is 15.7. The van der Waals surface area contributed by atoms with Crippen molar-refractivity contribution in [2.24, 2.45) is 0 Å². The SMILES string of the molecule is CS(=O)(=O)N1CC(C(=O)Nc2ccc(S(=O)(=O)Nc3ccc(Br)cc3)cc2)Oc2ccccc21. The number of rotatable bonds is 6. The van der Waals surface area contributed by atoms with E-state index in [1.165, 1.54) is 24.3 Å². The zero-order valence-electron chi connectivity index (χ0n) is 17.8. The summed E-state index contributed by atoms with van der Waals surface area (Å²) < 4.78 is 59.8. The molecule has 0 spiro atoms. The van der Waals surface area contributed by atoms with Gasteiger partial charge in [0.1, 0.15) is 5.75 Å². The molecule has 0 saturated heterocycles. The third-order valence-corrected chi connectivity index (χ3v) is 8.03. The van der Waals surface area contributed by atoms with Crippen molar-refractivity contribution in [3.8, 4) is 5.75 Å². The number of benzene rings is 3. The van der Waals surface area contributed by atoms with Gasteiger partial charge in [-0.15, -0.1) is 0 Å². The lowest BCUT2D eigenvalue weighted by Gasteiger charge is -2.33. The highest BCUT2D eigenvalue weighted by Crippen LogP contribution is 2.34. The van der Waals surface area contributed by atoms with Crippen LogP contribution in [0.5, 0.6) is 5.75 Å². The van der Waals surface area contributed by atoms with E-state index in [4.69, 9.17) is 4.74 Å². The molecular formula is C22H20BrN3O6S2. The third kappa shape index (κ3) is 5.34. The quantitative estimate of drug-likeness (QED) is 0.472. The Morgan fingerprint density at radius 2 is 1.56 bits per heavy atom. The van der Waals surface area contributed by atoms with Crippen LogP contribution in [0.3, 0.4) is 0 Å². The molecule has 0 bridgehead atoms. The lowest BCUT2D eigenvalue weighted by Crippen LogP contribution is -2.48. The molecule has 0 aromatic heterocycles. The first kappa shape index (κ1) is 24.0. The van der Waals surface area contributed by atoms with Crippen molar-refractivity contribution in [1.82, 2.24) is 0 Å². The van der Waals surface area contributed by atoms with E-state index in [0.29, 0.717) is 17.1 Å². The van der Waals surface area contributed by atoms with Crippen LogP contribution >= 0.6 is 15.9 Å². The van der Waals surface area contributed by atoms with E-state index in [1.54, 1.807) is 48.5 Å². The predicted octanol–water partition coefficient (Wildman–Crippen LogP) is 3.42. The molecule has 0 radical (unpaired) electrons. The van der Waals surface area contributed by atoms with Gasteiger partial charge in [-0.05, 0) is 60.7 Å². The number of nitrogens with one attached hydrogen (secondary N) is 2. The summed E-state index contributed by atoms with van der Waals surface area (Å²) in [7, 11) is -7.46. The number of halogens is 1. The molecule has 1 heterocycles. The molecule has 3 aromatic carbocycles. The van der Waals surface area contributed by atoms with Gasteiger partial charge in [0.25, 0.3) is 15.9 Å². The first-order chi connectivity index (χ1) is 16.0. The van der Waals surface area contributed by atoms with Gasteiger partial charge >= 0.3 is 0 Å². The van der Waals surface area contributed by atoms with Crippen LogP contribution in [0.4, 0.5) is 17.1 Å². The number of fused-ring (bicyclic) bond motifs is 1. The summed E-state index contributed by atoms with van der Waals surface area (Å²) >= 11 is 3.29. The van der Waals surface area contributed by atoms with Crippen LogP contribution in [-0.2, 0) is 24.8 Å². The first-order valence-corrected chi connectivity index (χ1v) is 14.1. The number of para-hydroxylation sites is 2. The van der Waals surface area contributed by atoms with Gasteiger partial charge in [0.2, 0.25) is 10.0 Å². The number of ether oxygens (including phenoxy) is 1. The van der Waals surface area contributed by atoms with Gasteiger partial charge in [0.15, 0.2) is 6.10 Å². The Labute approximate surface area is 206 Å². The average molecular weight is 566 g/mol. The maximum absolute atomic E-state index is 12.8. The Balaban J connectivity index is 1.47. The Kier molecular flexibility index (Phi) is 6.56. The van der Waals surface area contributed by atoms with Crippen LogP contribution < -0.4 is 19.1 Å². The molecule has 0 fully saturated rings. The zero-order valence-corrected chi connectivity index (χ0v) is 21.0. The van der Waals surface area contributed by atoms with Crippen molar-refractivity contribution in [2.75, 3.05) is 27.1 Å². The van der Waals surface area contributed by atoms with Crippen molar-refractivity contribution in [3.63, 3.8) is 0 Å². The molecule has 0 aliphatic carbocycles. The smallest absolute Gasteiger partial charge is 0.267 e. The van der Waals surface area contributed by atoms with Crippen molar-refractivity contribution in [3.05, 3.63) is 77.3 Å². The van der Waals surface area contributed by atoms with Crippen molar-refractivity contribution >= 4 is 58.9 Å². The molecule has 178 valence electrons. The molecule has 1 aliphatic rings. The van der Waals surface area contributed by atoms with Gasteiger partial charge in [-0.25, -0.2) is 16.8 Å². The summed E-state index contributed by atoms with van der Waals surface area (Å²) in [5.74, 6) is -0.286. The molecule has 0 saturated carbocycles. The van der Waals surface area contributed by atoms with Crippen LogP contribution in [0.1, 0.15) is 0 Å². The standard InChI is InChI=1S/C22H20BrN3O6S2/c1-33(28,29)26-14-21(32-20-5-3-2-4-19(20)26)22(27)24-16-10-12-18(13-11-16)34(30,31)25-17-8-6-15(23)7-9-17/h2-13,21,25H,14H2,1H3,(H,24,27). The molecular weight excluding hydrogens is 546 g/mol. The molecule has 3 aromatic rings. The van der Waals surface area contributed by atoms with Crippen LogP contribution in [0, 0.1) is 0 Å². The number of carbonyl (C=O) groups is 1. The number of sulfonamides is 2. The number of nitrogens with zero attached hydrogens (tertiary/aromatic N) is 1. The van der Waals surface area contributed by atoms with Gasteiger partial charge < -0.3 is 10.1 Å². The van der Waals surface area contributed by atoms with E-state index in [2.05, 4.69) is 26.0 Å². The number of hydrogen-bond donors (Lipinski definition) is 2. The predicted molar refractivity (Wildman–Crippen MR) is 133 cm³/mol. The fourth-order valence-corrected chi connectivity index (χ4v) is 5.56. The molecule has 1 aliphatic heterocycles. The topological polar surface area (TPSA) is 122 Å². The Bertz CT molecular complexity index is 1430. The van der Waals surface area contributed by atoms with Crippen molar-refractivity contribution < 1.29 is 26.4 Å². The molecule has 1 amide bonds. The third-order valence-electron chi connectivity index (χ3n) is 4.96. The second kappa shape index (κ2) is 9.28. The Morgan fingerprint density at radius 1 is 0.941 bits per heavy atom. The first-order valence-electron chi connectivity index (χ1n) is 9.96. The summed E-state index contributed by atoms with van der Waals surface area (Å²) in [6.07, 6.45) is -0.0296. The van der Waals surface area contributed by atoms with Gasteiger partial charge in [-0.2, -0.15) is 0 Å². The summed E-state index contributed by atoms with van der Waals surface area (Å²) in [6, 6.07) is 18.8. The van der Waals surface area contributed by atoms with Gasteiger partial charge in [-0.1, -0.05) is 28.1 Å². The van der Waals surface area contributed by atoms with Gasteiger partial charge in [0.05, 0.1) is 23.4 Å². The van der Waals surface area contributed by atoms with Gasteiger partial charge in [0, 0.05) is 15.8 Å². The molecule has 1 atom stereocenters. The number of carbonyl (C=O) groups excluding carboxylic acids is 1. The zero-order chi connectivity index (χ0) is 24.5. The number of hydrogen-bond acceptors (Lipinski definition) is 6. The van der Waals surface area contributed by atoms with Crippen molar-refractivity contribution in [1.29, 1.82) is 0 Å². The van der Waals surface area contributed by atoms with E-state index >= 15 is 0 Å². The Hall–Kier alpha value is -3.09. The molecule has 1 unspecified atom stereocenters. The van der Waals surface area contributed by atoms with E-state index in [9.17, 15) is 21.6 Å². The van der Waals surface area contributed by atoms with Crippen LogP contribution in [0.2, 0.25) is 0 Å². The maximum Gasteiger partial charge on any atom is 0.267 e. The fraction of sp³-hybridized carbons (Fsp3) is 0.136. The minimum absolute atomic E-state index is 0.0134. The minimum Gasteiger partial charge on any atom is -0.476 e. The van der Waals surface area contributed by atoms with Crippen LogP contribution in [0.25, 0.3) is 0 Å². The molecule has 9 nitrogen and oxygen atoms in total. The number of anilines is 3. The number of amides is 1. The molecule has 12 heteroatoms. The highest BCUT2D eigenvalue weighted by Gasteiger charge is 2.34. The summed E-state index contributed by atoms with van der Waals surface area (Å²) in [6.45, 7) is -0.189. The van der Waals surface area contributed by atoms with Crippen molar-refractivity contribution in [2.45, 2.75) is 11.0 Å². The summed E-state index contributed by atoms with van der Waals surface area (Å²) in [5.41, 5.74) is 1.11. The summed E-state index contributed by atoms with van der Waals surface area (Å²) in [4.78, 5) is 12.8. The average Bonchev–Trinajstić information content (AvgIpc) is 2.79. The van der Waals surface area contributed by atoms with Crippen LogP contribution in [0.15, 0.2) is 82.2 Å². The van der Waals surface area contributed by atoms with E-state index in [1.807, 2.05) is 0 Å². The monoisotopic (exact) mass is 565 g/mol. The van der Waals surface area contributed by atoms with E-state index < -0.39 is 32.1 Å². The van der Waals surface area contributed by atoms with Gasteiger partial charge in [-0.3, -0.25) is 13.8 Å². The Morgan fingerprint density at radius 3 is 2.21 bits per heavy atom. The lowest BCUT2D eigenvalue weighted by atomic mass is 10.2. The molecule has 2 N–H and O–H groups in total. The fourth-order valence-electron chi connectivity index (χ4n) is 3.33. The summed E-state index contributed by atoms with van der Waals surface area (Å²) in [5, 5.41) is 2.64.